The standard InChI is InChI=1S/C14H13N5OS/c1-10-17-11(8-21-10)6-16-18-14(20)7-19-9-15-12-4-2-3-5-13(12)19/h2-6,8-9H,7H2,1H3,(H,18,20)/b16-6-. The molecule has 1 aromatic carbocycles. The first-order valence-electron chi connectivity index (χ1n) is 6.36. The lowest BCUT2D eigenvalue weighted by Crippen LogP contribution is -2.22. The van der Waals surface area contributed by atoms with Crippen LogP contribution < -0.4 is 5.43 Å². The molecule has 0 aliphatic rings. The first-order valence-corrected chi connectivity index (χ1v) is 7.24. The van der Waals surface area contributed by atoms with Crippen LogP contribution in [-0.4, -0.2) is 26.7 Å². The lowest BCUT2D eigenvalue weighted by atomic mass is 10.3. The third-order valence-corrected chi connectivity index (χ3v) is 3.66. The van der Waals surface area contributed by atoms with Crippen molar-refractivity contribution in [1.29, 1.82) is 0 Å². The number of hydrazone groups is 1. The van der Waals surface area contributed by atoms with Crippen LogP contribution in [0.5, 0.6) is 0 Å². The topological polar surface area (TPSA) is 72.2 Å². The van der Waals surface area contributed by atoms with Gasteiger partial charge in [-0.3, -0.25) is 4.79 Å². The molecule has 0 saturated carbocycles. The summed E-state index contributed by atoms with van der Waals surface area (Å²) in [5.41, 5.74) is 5.02. The number of amides is 1. The highest BCUT2D eigenvalue weighted by Crippen LogP contribution is 2.11. The van der Waals surface area contributed by atoms with Crippen LogP contribution in [-0.2, 0) is 11.3 Å². The van der Waals surface area contributed by atoms with E-state index in [0.717, 1.165) is 21.7 Å². The van der Waals surface area contributed by atoms with Crippen molar-refractivity contribution in [3.8, 4) is 0 Å². The van der Waals surface area contributed by atoms with Gasteiger partial charge < -0.3 is 4.57 Å². The van der Waals surface area contributed by atoms with E-state index in [1.54, 1.807) is 22.2 Å². The Hall–Kier alpha value is -2.54. The maximum Gasteiger partial charge on any atom is 0.260 e. The number of rotatable bonds is 4. The molecule has 7 heteroatoms. The van der Waals surface area contributed by atoms with Crippen molar-refractivity contribution in [3.63, 3.8) is 0 Å². The Morgan fingerprint density at radius 1 is 1.48 bits per heavy atom. The van der Waals surface area contributed by atoms with Crippen molar-refractivity contribution >= 4 is 34.5 Å². The summed E-state index contributed by atoms with van der Waals surface area (Å²) in [4.78, 5) is 20.3. The molecule has 0 fully saturated rings. The molecule has 1 amide bonds. The van der Waals surface area contributed by atoms with Gasteiger partial charge in [-0.05, 0) is 19.1 Å². The minimum atomic E-state index is -0.207. The van der Waals surface area contributed by atoms with Crippen LogP contribution in [0.2, 0.25) is 0 Å². The SMILES string of the molecule is Cc1nc(/C=N\NC(=O)Cn2cnc3ccccc32)cs1. The van der Waals surface area contributed by atoms with Gasteiger partial charge in [-0.15, -0.1) is 11.3 Å². The third-order valence-electron chi connectivity index (χ3n) is 2.86. The minimum Gasteiger partial charge on any atom is -0.321 e. The number of carbonyl (C=O) groups excluding carboxylic acids is 1. The summed E-state index contributed by atoms with van der Waals surface area (Å²) in [6, 6.07) is 7.67. The number of nitrogens with one attached hydrogen (secondary N) is 1. The summed E-state index contributed by atoms with van der Waals surface area (Å²) in [6.45, 7) is 2.10. The number of fused-ring (bicyclic) bond motifs is 1. The van der Waals surface area contributed by atoms with Gasteiger partial charge in [0.05, 0.1) is 34.3 Å². The molecule has 0 aliphatic heterocycles. The number of hydrogen-bond donors (Lipinski definition) is 1. The zero-order valence-corrected chi connectivity index (χ0v) is 12.2. The largest absolute Gasteiger partial charge is 0.321 e. The number of aromatic nitrogens is 3. The monoisotopic (exact) mass is 299 g/mol. The summed E-state index contributed by atoms with van der Waals surface area (Å²) in [6.07, 6.45) is 3.19. The van der Waals surface area contributed by atoms with Gasteiger partial charge in [-0.1, -0.05) is 12.1 Å². The smallest absolute Gasteiger partial charge is 0.260 e. The summed E-state index contributed by atoms with van der Waals surface area (Å²) < 4.78 is 1.78. The van der Waals surface area contributed by atoms with E-state index in [-0.39, 0.29) is 12.5 Å². The van der Waals surface area contributed by atoms with Gasteiger partial charge in [0.1, 0.15) is 6.54 Å². The Morgan fingerprint density at radius 2 is 2.33 bits per heavy atom. The number of nitrogens with zero attached hydrogens (tertiary/aromatic N) is 4. The van der Waals surface area contributed by atoms with Gasteiger partial charge in [0.25, 0.3) is 5.91 Å². The zero-order valence-electron chi connectivity index (χ0n) is 11.4. The molecule has 0 atom stereocenters. The molecule has 0 aliphatic carbocycles. The predicted molar refractivity (Wildman–Crippen MR) is 82.3 cm³/mol. The molecule has 6 nitrogen and oxygen atoms in total. The van der Waals surface area contributed by atoms with E-state index in [1.807, 2.05) is 36.6 Å². The fourth-order valence-corrected chi connectivity index (χ4v) is 2.50. The molecule has 1 N–H and O–H groups in total. The maximum atomic E-state index is 11.9. The van der Waals surface area contributed by atoms with Gasteiger partial charge in [0.2, 0.25) is 0 Å². The molecule has 3 rings (SSSR count). The number of imidazole rings is 1. The molecule has 3 aromatic rings. The highest BCUT2D eigenvalue weighted by atomic mass is 32.1. The molecule has 0 unspecified atom stereocenters. The van der Waals surface area contributed by atoms with Gasteiger partial charge in [-0.25, -0.2) is 15.4 Å². The second-order valence-electron chi connectivity index (χ2n) is 4.45. The van der Waals surface area contributed by atoms with Crippen molar-refractivity contribution in [2.24, 2.45) is 5.10 Å². The highest BCUT2D eigenvalue weighted by molar-refractivity contribution is 7.09. The van der Waals surface area contributed by atoms with Gasteiger partial charge in [-0.2, -0.15) is 5.10 Å². The van der Waals surface area contributed by atoms with Gasteiger partial charge in [0, 0.05) is 5.38 Å². The van der Waals surface area contributed by atoms with E-state index in [4.69, 9.17) is 0 Å². The predicted octanol–water partition coefficient (Wildman–Crippen LogP) is 1.95. The second-order valence-corrected chi connectivity index (χ2v) is 5.51. The average Bonchev–Trinajstić information content (AvgIpc) is 3.06. The zero-order chi connectivity index (χ0) is 14.7. The summed E-state index contributed by atoms with van der Waals surface area (Å²) in [5, 5.41) is 6.75. The van der Waals surface area contributed by atoms with Crippen LogP contribution in [0, 0.1) is 6.92 Å². The van der Waals surface area contributed by atoms with Crippen molar-refractivity contribution in [2.45, 2.75) is 13.5 Å². The van der Waals surface area contributed by atoms with Crippen LogP contribution in [0.1, 0.15) is 10.7 Å². The van der Waals surface area contributed by atoms with E-state index >= 15 is 0 Å². The first kappa shape index (κ1) is 13.4. The molecule has 0 bridgehead atoms. The van der Waals surface area contributed by atoms with Crippen LogP contribution in [0.3, 0.4) is 0 Å². The van der Waals surface area contributed by atoms with Crippen LogP contribution in [0.4, 0.5) is 0 Å². The molecule has 0 radical (unpaired) electrons. The number of hydrogen-bond acceptors (Lipinski definition) is 5. The van der Waals surface area contributed by atoms with Crippen molar-refractivity contribution in [3.05, 3.63) is 46.7 Å². The Morgan fingerprint density at radius 3 is 3.14 bits per heavy atom. The lowest BCUT2D eigenvalue weighted by molar-refractivity contribution is -0.121. The van der Waals surface area contributed by atoms with E-state index in [2.05, 4.69) is 20.5 Å². The van der Waals surface area contributed by atoms with Crippen LogP contribution in [0.15, 0.2) is 41.1 Å². The summed E-state index contributed by atoms with van der Waals surface area (Å²) in [5.74, 6) is -0.207. The molecule has 2 heterocycles. The quantitative estimate of drug-likeness (QED) is 0.591. The molecule has 2 aromatic heterocycles. The average molecular weight is 299 g/mol. The fraction of sp³-hybridized carbons (Fsp3) is 0.143. The molecule has 21 heavy (non-hydrogen) atoms. The number of benzene rings is 1. The molecular formula is C14H13N5OS. The van der Waals surface area contributed by atoms with Crippen molar-refractivity contribution in [1.82, 2.24) is 20.0 Å². The van der Waals surface area contributed by atoms with E-state index in [1.165, 1.54) is 6.21 Å². The Bertz CT molecular complexity index is 804. The number of para-hydroxylation sites is 2. The highest BCUT2D eigenvalue weighted by Gasteiger charge is 2.05. The van der Waals surface area contributed by atoms with E-state index in [0.29, 0.717) is 0 Å². The number of carbonyl (C=O) groups is 1. The van der Waals surface area contributed by atoms with Crippen molar-refractivity contribution < 1.29 is 4.79 Å². The Balaban J connectivity index is 1.63. The summed E-state index contributed by atoms with van der Waals surface area (Å²) >= 11 is 1.54. The van der Waals surface area contributed by atoms with Gasteiger partial charge in [0.15, 0.2) is 0 Å². The Labute approximate surface area is 125 Å². The normalized spacial score (nSPS) is 11.3. The van der Waals surface area contributed by atoms with Crippen molar-refractivity contribution in [2.75, 3.05) is 0 Å². The first-order chi connectivity index (χ1) is 10.2. The molecule has 106 valence electrons. The van der Waals surface area contributed by atoms with E-state index < -0.39 is 0 Å². The Kier molecular flexibility index (Phi) is 3.74. The molecule has 0 spiro atoms. The third kappa shape index (κ3) is 3.14. The second kappa shape index (κ2) is 5.84. The maximum absolute atomic E-state index is 11.9. The lowest BCUT2D eigenvalue weighted by Gasteiger charge is -2.02. The van der Waals surface area contributed by atoms with Crippen LogP contribution >= 0.6 is 11.3 Å². The minimum absolute atomic E-state index is 0.175. The fourth-order valence-electron chi connectivity index (χ4n) is 1.94. The molecular weight excluding hydrogens is 286 g/mol. The number of aryl methyl sites for hydroxylation is 1. The molecule has 0 saturated heterocycles. The summed E-state index contributed by atoms with van der Waals surface area (Å²) in [7, 11) is 0. The van der Waals surface area contributed by atoms with E-state index in [9.17, 15) is 4.79 Å². The number of thiazole rings is 1. The van der Waals surface area contributed by atoms with Crippen LogP contribution in [0.25, 0.3) is 11.0 Å². The van der Waals surface area contributed by atoms with Gasteiger partial charge >= 0.3 is 0 Å².